The molecule has 40 valence electrons. The Balaban J connectivity index is 2.93. The van der Waals surface area contributed by atoms with E-state index >= 15 is 0 Å². The summed E-state index contributed by atoms with van der Waals surface area (Å²) in [4.78, 5) is 3.56. The van der Waals surface area contributed by atoms with Crippen molar-refractivity contribution in [2.45, 2.75) is 0 Å². The van der Waals surface area contributed by atoms with Crippen LogP contribution in [0.1, 0.15) is 0 Å². The van der Waals surface area contributed by atoms with Gasteiger partial charge < -0.3 is 4.42 Å². The maximum absolute atomic E-state index is 4.78. The van der Waals surface area contributed by atoms with E-state index in [0.29, 0.717) is 5.88 Å². The molecule has 0 spiro atoms. The molecule has 0 bridgehead atoms. The van der Waals surface area contributed by atoms with Crippen LogP contribution in [0.15, 0.2) is 27.8 Å². The van der Waals surface area contributed by atoms with E-state index in [4.69, 9.17) is 4.42 Å². The minimum absolute atomic E-state index is 0.500. The smallest absolute Gasteiger partial charge is 0.227 e. The molecule has 1 aromatic heterocycles. The summed E-state index contributed by atoms with van der Waals surface area (Å²) in [5, 5.41) is 2.18. The molecular weight excluding hydrogens is 122 g/mol. The standard InChI is InChI=1S/C5H3NOS/c8-4-6-5-2-1-3-7-5/h1-3H. The van der Waals surface area contributed by atoms with E-state index in [2.05, 4.69) is 22.4 Å². The lowest BCUT2D eigenvalue weighted by Gasteiger charge is -1.72. The van der Waals surface area contributed by atoms with E-state index in [1.54, 1.807) is 12.1 Å². The Bertz CT molecular complexity index is 198. The molecule has 2 nitrogen and oxygen atoms in total. The summed E-state index contributed by atoms with van der Waals surface area (Å²) >= 11 is 4.32. The summed E-state index contributed by atoms with van der Waals surface area (Å²) < 4.78 is 4.78. The van der Waals surface area contributed by atoms with Crippen LogP contribution in [-0.2, 0) is 0 Å². The summed E-state index contributed by atoms with van der Waals surface area (Å²) in [6, 6.07) is 3.45. The van der Waals surface area contributed by atoms with Crippen molar-refractivity contribution < 1.29 is 4.42 Å². The zero-order chi connectivity index (χ0) is 5.82. The normalized spacial score (nSPS) is 8.00. The Morgan fingerprint density at radius 2 is 2.62 bits per heavy atom. The van der Waals surface area contributed by atoms with E-state index in [1.165, 1.54) is 6.26 Å². The molecular formula is C5H3NOS. The quantitative estimate of drug-likeness (QED) is 0.423. The number of aliphatic imine (C=N–C) groups is 1. The van der Waals surface area contributed by atoms with Crippen molar-refractivity contribution >= 4 is 23.3 Å². The minimum Gasteiger partial charge on any atom is -0.446 e. The van der Waals surface area contributed by atoms with Gasteiger partial charge in [0.15, 0.2) is 0 Å². The third-order valence-electron chi connectivity index (χ3n) is 0.662. The van der Waals surface area contributed by atoms with E-state index < -0.39 is 0 Å². The lowest BCUT2D eigenvalue weighted by atomic mass is 10.6. The van der Waals surface area contributed by atoms with Gasteiger partial charge in [0.05, 0.1) is 11.4 Å². The first kappa shape index (κ1) is 5.22. The number of furan rings is 1. The molecule has 0 aliphatic heterocycles. The summed E-state index contributed by atoms with van der Waals surface area (Å²) in [5.74, 6) is 0.500. The first-order valence-corrected chi connectivity index (χ1v) is 2.45. The third-order valence-corrected chi connectivity index (χ3v) is 0.753. The number of nitrogens with zero attached hydrogens (tertiary/aromatic N) is 1. The molecule has 1 heterocycles. The Kier molecular flexibility index (Phi) is 1.57. The summed E-state index contributed by atoms with van der Waals surface area (Å²) in [6.45, 7) is 0. The van der Waals surface area contributed by atoms with Crippen molar-refractivity contribution in [3.8, 4) is 0 Å². The van der Waals surface area contributed by atoms with Crippen molar-refractivity contribution in [1.82, 2.24) is 0 Å². The third kappa shape index (κ3) is 1.03. The molecule has 0 saturated carbocycles. The molecule has 0 atom stereocenters. The fourth-order valence-corrected chi connectivity index (χ4v) is 0.468. The molecule has 0 aromatic carbocycles. The van der Waals surface area contributed by atoms with Crippen LogP contribution in [0, 0.1) is 0 Å². The zero-order valence-corrected chi connectivity index (χ0v) is 4.81. The van der Waals surface area contributed by atoms with Crippen LogP contribution < -0.4 is 0 Å². The van der Waals surface area contributed by atoms with Gasteiger partial charge in [0, 0.05) is 6.07 Å². The van der Waals surface area contributed by atoms with Crippen molar-refractivity contribution in [3.05, 3.63) is 18.4 Å². The largest absolute Gasteiger partial charge is 0.446 e. The number of hydrogen-bond donors (Lipinski definition) is 0. The van der Waals surface area contributed by atoms with Gasteiger partial charge in [0.2, 0.25) is 5.88 Å². The van der Waals surface area contributed by atoms with E-state index in [1.807, 2.05) is 0 Å². The highest BCUT2D eigenvalue weighted by molar-refractivity contribution is 7.78. The molecule has 0 aliphatic carbocycles. The second kappa shape index (κ2) is 2.40. The average Bonchev–Trinajstić information content (AvgIpc) is 2.19. The average molecular weight is 125 g/mol. The summed E-state index contributed by atoms with van der Waals surface area (Å²) in [7, 11) is 0. The predicted molar refractivity (Wildman–Crippen MR) is 33.4 cm³/mol. The lowest BCUT2D eigenvalue weighted by molar-refractivity contribution is 0.578. The van der Waals surface area contributed by atoms with E-state index in [9.17, 15) is 0 Å². The molecule has 0 unspecified atom stereocenters. The van der Waals surface area contributed by atoms with Crippen molar-refractivity contribution in [2.75, 3.05) is 0 Å². The Morgan fingerprint density at radius 3 is 3.12 bits per heavy atom. The van der Waals surface area contributed by atoms with Crippen molar-refractivity contribution in [2.24, 2.45) is 4.99 Å². The van der Waals surface area contributed by atoms with E-state index in [-0.39, 0.29) is 0 Å². The van der Waals surface area contributed by atoms with Crippen LogP contribution in [0.3, 0.4) is 0 Å². The van der Waals surface area contributed by atoms with Gasteiger partial charge in [-0.2, -0.15) is 4.99 Å². The fourth-order valence-electron chi connectivity index (χ4n) is 0.378. The Hall–Kier alpha value is -0.920. The van der Waals surface area contributed by atoms with Crippen molar-refractivity contribution in [1.29, 1.82) is 0 Å². The topological polar surface area (TPSA) is 25.5 Å². The highest BCUT2D eigenvalue weighted by atomic mass is 32.1. The number of isothiocyanates is 1. The van der Waals surface area contributed by atoms with Crippen LogP contribution in [0.5, 0.6) is 0 Å². The van der Waals surface area contributed by atoms with Crippen LogP contribution in [0.4, 0.5) is 5.88 Å². The maximum atomic E-state index is 4.78. The van der Waals surface area contributed by atoms with Gasteiger partial charge in [-0.05, 0) is 18.3 Å². The van der Waals surface area contributed by atoms with Gasteiger partial charge in [-0.1, -0.05) is 0 Å². The van der Waals surface area contributed by atoms with Gasteiger partial charge in [0.25, 0.3) is 0 Å². The molecule has 0 radical (unpaired) electrons. The minimum atomic E-state index is 0.500. The van der Waals surface area contributed by atoms with E-state index in [0.717, 1.165) is 0 Å². The van der Waals surface area contributed by atoms with Crippen LogP contribution >= 0.6 is 12.2 Å². The molecule has 0 amide bonds. The molecule has 1 aromatic rings. The van der Waals surface area contributed by atoms with Crippen LogP contribution in [-0.4, -0.2) is 5.16 Å². The Morgan fingerprint density at radius 1 is 1.75 bits per heavy atom. The lowest BCUT2D eigenvalue weighted by Crippen LogP contribution is -1.45. The monoisotopic (exact) mass is 125 g/mol. The zero-order valence-electron chi connectivity index (χ0n) is 4.00. The molecule has 0 fully saturated rings. The molecule has 0 aliphatic rings. The Labute approximate surface area is 51.8 Å². The highest BCUT2D eigenvalue weighted by Gasteiger charge is 1.83. The maximum Gasteiger partial charge on any atom is 0.227 e. The van der Waals surface area contributed by atoms with Gasteiger partial charge in [0.1, 0.15) is 0 Å². The number of hydrogen-bond acceptors (Lipinski definition) is 3. The van der Waals surface area contributed by atoms with Gasteiger partial charge in [-0.25, -0.2) is 0 Å². The first-order valence-electron chi connectivity index (χ1n) is 2.05. The fraction of sp³-hybridized carbons (Fsp3) is 0. The molecule has 8 heavy (non-hydrogen) atoms. The number of rotatable bonds is 1. The SMILES string of the molecule is S=C=Nc1ccco1. The van der Waals surface area contributed by atoms with Gasteiger partial charge in [-0.3, -0.25) is 0 Å². The molecule has 0 N–H and O–H groups in total. The highest BCUT2D eigenvalue weighted by Crippen LogP contribution is 2.08. The van der Waals surface area contributed by atoms with Gasteiger partial charge >= 0.3 is 0 Å². The summed E-state index contributed by atoms with van der Waals surface area (Å²) in [5.41, 5.74) is 0. The second-order valence-electron chi connectivity index (χ2n) is 1.15. The molecule has 3 heteroatoms. The van der Waals surface area contributed by atoms with Crippen LogP contribution in [0.2, 0.25) is 0 Å². The summed E-state index contributed by atoms with van der Waals surface area (Å²) in [6.07, 6.45) is 1.53. The molecule has 1 rings (SSSR count). The van der Waals surface area contributed by atoms with Crippen LogP contribution in [0.25, 0.3) is 0 Å². The number of thiocarbonyl (C=S) groups is 1. The molecule has 0 saturated heterocycles. The predicted octanol–water partition coefficient (Wildman–Crippen LogP) is 2.01. The second-order valence-corrected chi connectivity index (χ2v) is 1.34. The van der Waals surface area contributed by atoms with Gasteiger partial charge in [-0.15, -0.1) is 0 Å². The van der Waals surface area contributed by atoms with Crippen molar-refractivity contribution in [3.63, 3.8) is 0 Å². The first-order chi connectivity index (χ1) is 3.93.